The van der Waals surface area contributed by atoms with Crippen molar-refractivity contribution < 1.29 is 4.79 Å². The van der Waals surface area contributed by atoms with Crippen molar-refractivity contribution in [3.8, 4) is 0 Å². The average Bonchev–Trinajstić information content (AvgIpc) is 2.92. The zero-order valence-corrected chi connectivity index (χ0v) is 12.1. The Labute approximate surface area is 120 Å². The lowest BCUT2D eigenvalue weighted by molar-refractivity contribution is -0.118. The first kappa shape index (κ1) is 13.4. The van der Waals surface area contributed by atoms with E-state index >= 15 is 0 Å². The average molecular weight is 273 g/mol. The Morgan fingerprint density at radius 3 is 2.95 bits per heavy atom. The maximum Gasteiger partial charge on any atom is 0.247 e. The summed E-state index contributed by atoms with van der Waals surface area (Å²) in [4.78, 5) is 16.3. The Bertz CT molecular complexity index is 512. The summed E-state index contributed by atoms with van der Waals surface area (Å²) in [5.41, 5.74) is 1.77. The molecule has 2 fully saturated rings. The maximum atomic E-state index is 11.8. The molecule has 0 unspecified atom stereocenters. The zero-order valence-electron chi connectivity index (χ0n) is 12.1. The second kappa shape index (κ2) is 5.81. The van der Waals surface area contributed by atoms with Crippen LogP contribution in [0.15, 0.2) is 18.1 Å². The number of piperidine rings is 1. The lowest BCUT2D eigenvalue weighted by atomic mass is 9.95. The molecule has 1 aliphatic carbocycles. The molecule has 3 rings (SSSR count). The highest BCUT2D eigenvalue weighted by Crippen LogP contribution is 2.28. The number of hydrogen-bond acceptors (Lipinski definition) is 2. The Morgan fingerprint density at radius 1 is 1.35 bits per heavy atom. The second-order valence-electron chi connectivity index (χ2n) is 6.23. The molecule has 1 aliphatic heterocycles. The van der Waals surface area contributed by atoms with Crippen LogP contribution in [0.2, 0.25) is 0 Å². The number of imidazole rings is 1. The van der Waals surface area contributed by atoms with Gasteiger partial charge in [0.2, 0.25) is 5.91 Å². The summed E-state index contributed by atoms with van der Waals surface area (Å²) in [6.45, 7) is 2.95. The Hall–Kier alpha value is -1.58. The van der Waals surface area contributed by atoms with Crippen molar-refractivity contribution in [2.24, 2.45) is 5.92 Å². The molecule has 1 N–H and O–H groups in total. The van der Waals surface area contributed by atoms with Crippen molar-refractivity contribution >= 4 is 12.0 Å². The maximum absolute atomic E-state index is 11.8. The number of nitrogens with one attached hydrogen (secondary N) is 1. The van der Waals surface area contributed by atoms with E-state index in [-0.39, 0.29) is 5.91 Å². The van der Waals surface area contributed by atoms with Crippen molar-refractivity contribution in [1.29, 1.82) is 0 Å². The molecule has 1 saturated heterocycles. The van der Waals surface area contributed by atoms with Gasteiger partial charge in [0, 0.05) is 24.4 Å². The van der Waals surface area contributed by atoms with E-state index in [1.54, 1.807) is 0 Å². The van der Waals surface area contributed by atoms with Gasteiger partial charge in [0.1, 0.15) is 0 Å². The van der Waals surface area contributed by atoms with Crippen molar-refractivity contribution in [1.82, 2.24) is 14.9 Å². The normalized spacial score (nSPS) is 26.8. The fourth-order valence-electron chi connectivity index (χ4n) is 3.23. The molecule has 2 heterocycles. The van der Waals surface area contributed by atoms with Crippen LogP contribution in [-0.2, 0) is 4.79 Å². The molecule has 1 atom stereocenters. The highest BCUT2D eigenvalue weighted by atomic mass is 16.1. The predicted octanol–water partition coefficient (Wildman–Crippen LogP) is 2.93. The van der Waals surface area contributed by atoms with Gasteiger partial charge in [0.15, 0.2) is 0 Å². The molecule has 1 amide bonds. The van der Waals surface area contributed by atoms with Crippen molar-refractivity contribution in [2.45, 2.75) is 51.5 Å². The lowest BCUT2D eigenvalue weighted by Gasteiger charge is -2.22. The van der Waals surface area contributed by atoms with Gasteiger partial charge < -0.3 is 9.88 Å². The number of aromatic nitrogens is 2. The molecule has 1 aromatic rings. The number of nitrogens with zero attached hydrogens (tertiary/aromatic N) is 2. The zero-order chi connectivity index (χ0) is 13.9. The van der Waals surface area contributed by atoms with Gasteiger partial charge in [0.25, 0.3) is 0 Å². The Kier molecular flexibility index (Phi) is 3.90. The van der Waals surface area contributed by atoms with E-state index in [1.807, 2.05) is 12.4 Å². The van der Waals surface area contributed by atoms with Crippen LogP contribution in [0.25, 0.3) is 6.08 Å². The van der Waals surface area contributed by atoms with Crippen LogP contribution in [0.3, 0.4) is 0 Å². The molecular formula is C16H23N3O. The van der Waals surface area contributed by atoms with E-state index < -0.39 is 0 Å². The summed E-state index contributed by atoms with van der Waals surface area (Å²) in [5.74, 6) is 0.578. The Balaban J connectivity index is 1.74. The number of rotatable bonds is 2. The molecule has 0 radical (unpaired) electrons. The van der Waals surface area contributed by atoms with Crippen molar-refractivity contribution in [3.05, 3.63) is 23.8 Å². The number of carbonyl (C=O) groups is 1. The molecule has 2 aliphatic rings. The van der Waals surface area contributed by atoms with E-state index in [1.165, 1.54) is 32.1 Å². The molecule has 108 valence electrons. The quantitative estimate of drug-likeness (QED) is 0.842. The molecule has 0 spiro atoms. The summed E-state index contributed by atoms with van der Waals surface area (Å²) < 4.78 is 2.23. The van der Waals surface area contributed by atoms with Gasteiger partial charge in [-0.25, -0.2) is 4.98 Å². The molecular weight excluding hydrogens is 250 g/mol. The third kappa shape index (κ3) is 2.94. The summed E-state index contributed by atoms with van der Waals surface area (Å²) in [7, 11) is 0. The first-order valence-corrected chi connectivity index (χ1v) is 7.74. The van der Waals surface area contributed by atoms with Crippen LogP contribution in [0, 0.1) is 5.92 Å². The van der Waals surface area contributed by atoms with Crippen LogP contribution in [0.4, 0.5) is 0 Å². The van der Waals surface area contributed by atoms with Crippen LogP contribution >= 0.6 is 0 Å². The molecule has 1 saturated carbocycles. The highest BCUT2D eigenvalue weighted by Gasteiger charge is 2.20. The van der Waals surface area contributed by atoms with Crippen LogP contribution in [0.5, 0.6) is 0 Å². The summed E-state index contributed by atoms with van der Waals surface area (Å²) in [5, 5.41) is 2.93. The highest BCUT2D eigenvalue weighted by molar-refractivity contribution is 5.98. The van der Waals surface area contributed by atoms with E-state index in [9.17, 15) is 4.79 Å². The van der Waals surface area contributed by atoms with E-state index in [0.29, 0.717) is 12.0 Å². The molecule has 0 aromatic carbocycles. The van der Waals surface area contributed by atoms with Gasteiger partial charge in [-0.3, -0.25) is 4.79 Å². The number of amides is 1. The van der Waals surface area contributed by atoms with Crippen LogP contribution in [0.1, 0.15) is 57.2 Å². The van der Waals surface area contributed by atoms with Crippen molar-refractivity contribution in [2.75, 3.05) is 6.54 Å². The third-order valence-electron chi connectivity index (χ3n) is 4.41. The van der Waals surface area contributed by atoms with E-state index in [2.05, 4.69) is 28.0 Å². The van der Waals surface area contributed by atoms with Gasteiger partial charge in [-0.05, 0) is 31.3 Å². The van der Waals surface area contributed by atoms with Gasteiger partial charge in [-0.1, -0.05) is 26.2 Å². The monoisotopic (exact) mass is 273 g/mol. The standard InChI is InChI=1S/C16H23N3O/c1-12-7-13(16(20)17-9-12)8-14-10-19(11-18-14)15-5-3-2-4-6-15/h8,10-12,15H,2-7,9H2,1H3,(H,17,20)/b13-8+/t12-/m0/s1. The minimum atomic E-state index is 0.0651. The van der Waals surface area contributed by atoms with E-state index in [0.717, 1.165) is 24.2 Å². The molecule has 1 aromatic heterocycles. The largest absolute Gasteiger partial charge is 0.352 e. The third-order valence-corrected chi connectivity index (χ3v) is 4.41. The van der Waals surface area contributed by atoms with E-state index in [4.69, 9.17) is 0 Å². The second-order valence-corrected chi connectivity index (χ2v) is 6.23. The molecule has 4 nitrogen and oxygen atoms in total. The Morgan fingerprint density at radius 2 is 2.15 bits per heavy atom. The summed E-state index contributed by atoms with van der Waals surface area (Å²) in [6.07, 6.45) is 13.3. The summed E-state index contributed by atoms with van der Waals surface area (Å²) in [6, 6.07) is 0.600. The minimum absolute atomic E-state index is 0.0651. The topological polar surface area (TPSA) is 46.9 Å². The molecule has 20 heavy (non-hydrogen) atoms. The molecule has 4 heteroatoms. The SMILES string of the molecule is C[C@@H]1CNC(=O)/C(=C/c2cn(C3CCCCC3)cn2)C1. The summed E-state index contributed by atoms with van der Waals surface area (Å²) >= 11 is 0. The van der Waals surface area contributed by atoms with Crippen LogP contribution < -0.4 is 5.32 Å². The number of hydrogen-bond donors (Lipinski definition) is 1. The lowest BCUT2D eigenvalue weighted by Crippen LogP contribution is -2.35. The first-order valence-electron chi connectivity index (χ1n) is 7.74. The van der Waals surface area contributed by atoms with Crippen LogP contribution in [-0.4, -0.2) is 22.0 Å². The fourth-order valence-corrected chi connectivity index (χ4v) is 3.23. The number of carbonyl (C=O) groups excluding carboxylic acids is 1. The predicted molar refractivity (Wildman–Crippen MR) is 79.1 cm³/mol. The smallest absolute Gasteiger partial charge is 0.247 e. The minimum Gasteiger partial charge on any atom is -0.352 e. The van der Waals surface area contributed by atoms with Gasteiger partial charge >= 0.3 is 0 Å². The van der Waals surface area contributed by atoms with Gasteiger partial charge in [0.05, 0.1) is 12.0 Å². The van der Waals surface area contributed by atoms with Gasteiger partial charge in [-0.15, -0.1) is 0 Å². The fraction of sp³-hybridized carbons (Fsp3) is 0.625. The first-order chi connectivity index (χ1) is 9.72. The molecule has 0 bridgehead atoms. The van der Waals surface area contributed by atoms with Gasteiger partial charge in [-0.2, -0.15) is 0 Å². The van der Waals surface area contributed by atoms with Crippen molar-refractivity contribution in [3.63, 3.8) is 0 Å².